The average molecular weight is 277 g/mol. The molecule has 0 saturated carbocycles. The minimum absolute atomic E-state index is 0.122. The van der Waals surface area contributed by atoms with E-state index in [1.807, 2.05) is 25.1 Å². The summed E-state index contributed by atoms with van der Waals surface area (Å²) < 4.78 is 13.2. The molecule has 0 N–H and O–H groups in total. The molecule has 0 atom stereocenters. The standard InChI is InChI=1S/C16H14ClFO/c1-10-3-5-12(15(17)7-10)8-16(19)14-9-13(18)6-4-11(14)2/h3-7,9H,8H2,1-2H3. The van der Waals surface area contributed by atoms with Gasteiger partial charge < -0.3 is 0 Å². The molecule has 0 fully saturated rings. The van der Waals surface area contributed by atoms with E-state index in [0.29, 0.717) is 10.6 Å². The van der Waals surface area contributed by atoms with Gasteiger partial charge in [0.15, 0.2) is 5.78 Å². The normalized spacial score (nSPS) is 10.5. The van der Waals surface area contributed by atoms with Gasteiger partial charge >= 0.3 is 0 Å². The maximum Gasteiger partial charge on any atom is 0.167 e. The summed E-state index contributed by atoms with van der Waals surface area (Å²) in [6.45, 7) is 3.73. The highest BCUT2D eigenvalue weighted by Crippen LogP contribution is 2.20. The Bertz CT molecular complexity index is 635. The van der Waals surface area contributed by atoms with Crippen molar-refractivity contribution >= 4 is 17.4 Å². The van der Waals surface area contributed by atoms with Crippen LogP contribution in [0.4, 0.5) is 4.39 Å². The first-order valence-corrected chi connectivity index (χ1v) is 6.39. The van der Waals surface area contributed by atoms with Gasteiger partial charge in [-0.2, -0.15) is 0 Å². The van der Waals surface area contributed by atoms with E-state index < -0.39 is 5.82 Å². The lowest BCUT2D eigenvalue weighted by atomic mass is 9.98. The van der Waals surface area contributed by atoms with E-state index in [1.54, 1.807) is 13.0 Å². The molecule has 19 heavy (non-hydrogen) atoms. The largest absolute Gasteiger partial charge is 0.294 e. The summed E-state index contributed by atoms with van der Waals surface area (Å²) >= 11 is 6.11. The lowest BCUT2D eigenvalue weighted by Gasteiger charge is -2.07. The molecule has 2 aromatic carbocycles. The number of hydrogen-bond donors (Lipinski definition) is 0. The molecular weight excluding hydrogens is 263 g/mol. The fourth-order valence-electron chi connectivity index (χ4n) is 1.96. The van der Waals surface area contributed by atoms with Crippen LogP contribution in [0.3, 0.4) is 0 Å². The number of halogens is 2. The van der Waals surface area contributed by atoms with Crippen molar-refractivity contribution in [2.45, 2.75) is 20.3 Å². The number of benzene rings is 2. The van der Waals surface area contributed by atoms with Gasteiger partial charge in [0.2, 0.25) is 0 Å². The Balaban J connectivity index is 2.28. The minimum atomic E-state index is -0.399. The highest BCUT2D eigenvalue weighted by molar-refractivity contribution is 6.31. The molecular formula is C16H14ClFO. The van der Waals surface area contributed by atoms with Gasteiger partial charge in [-0.25, -0.2) is 4.39 Å². The number of rotatable bonds is 3. The molecule has 98 valence electrons. The fourth-order valence-corrected chi connectivity index (χ4v) is 2.26. The molecule has 0 aromatic heterocycles. The van der Waals surface area contributed by atoms with Crippen molar-refractivity contribution in [1.82, 2.24) is 0 Å². The predicted octanol–water partition coefficient (Wildman–Crippen LogP) is 4.52. The number of hydrogen-bond acceptors (Lipinski definition) is 1. The number of carbonyl (C=O) groups excluding carboxylic acids is 1. The first-order chi connectivity index (χ1) is 8.97. The van der Waals surface area contributed by atoms with Crippen LogP contribution in [0.25, 0.3) is 0 Å². The SMILES string of the molecule is Cc1ccc(CC(=O)c2cc(F)ccc2C)c(Cl)c1. The van der Waals surface area contributed by atoms with E-state index in [1.165, 1.54) is 12.1 Å². The van der Waals surface area contributed by atoms with E-state index in [0.717, 1.165) is 16.7 Å². The van der Waals surface area contributed by atoms with E-state index in [9.17, 15) is 9.18 Å². The van der Waals surface area contributed by atoms with Crippen molar-refractivity contribution in [2.75, 3.05) is 0 Å². The van der Waals surface area contributed by atoms with Crippen LogP contribution in [0, 0.1) is 19.7 Å². The van der Waals surface area contributed by atoms with Crippen LogP contribution >= 0.6 is 11.6 Å². The Kier molecular flexibility index (Phi) is 4.01. The maximum atomic E-state index is 13.2. The Morgan fingerprint density at radius 2 is 1.89 bits per heavy atom. The van der Waals surface area contributed by atoms with Crippen molar-refractivity contribution in [2.24, 2.45) is 0 Å². The Labute approximate surface area is 117 Å². The Hall–Kier alpha value is -1.67. The Morgan fingerprint density at radius 3 is 2.58 bits per heavy atom. The lowest BCUT2D eigenvalue weighted by molar-refractivity contribution is 0.0992. The van der Waals surface area contributed by atoms with Gasteiger partial charge in [0, 0.05) is 17.0 Å². The summed E-state index contributed by atoms with van der Waals surface area (Å²) in [5.74, 6) is -0.522. The minimum Gasteiger partial charge on any atom is -0.294 e. The topological polar surface area (TPSA) is 17.1 Å². The molecule has 0 radical (unpaired) electrons. The van der Waals surface area contributed by atoms with Gasteiger partial charge in [-0.15, -0.1) is 0 Å². The second kappa shape index (κ2) is 5.54. The number of carbonyl (C=O) groups is 1. The van der Waals surface area contributed by atoms with Crippen LogP contribution < -0.4 is 0 Å². The highest BCUT2D eigenvalue weighted by atomic mass is 35.5. The molecule has 0 aliphatic rings. The van der Waals surface area contributed by atoms with E-state index in [4.69, 9.17) is 11.6 Å². The molecule has 0 heterocycles. The zero-order valence-corrected chi connectivity index (χ0v) is 11.6. The molecule has 0 unspecified atom stereocenters. The molecule has 0 aliphatic heterocycles. The summed E-state index contributed by atoms with van der Waals surface area (Å²) in [5, 5.41) is 0.572. The van der Waals surface area contributed by atoms with E-state index >= 15 is 0 Å². The number of aryl methyl sites for hydroxylation is 2. The molecule has 1 nitrogen and oxygen atoms in total. The van der Waals surface area contributed by atoms with Crippen LogP contribution in [0.2, 0.25) is 5.02 Å². The first kappa shape index (κ1) is 13.8. The molecule has 0 aliphatic carbocycles. The van der Waals surface area contributed by atoms with Crippen LogP contribution in [0.5, 0.6) is 0 Å². The van der Waals surface area contributed by atoms with Gasteiger partial charge in [0.05, 0.1) is 0 Å². The third-order valence-corrected chi connectivity index (χ3v) is 3.41. The molecule has 2 aromatic rings. The van der Waals surface area contributed by atoms with Crippen molar-refractivity contribution < 1.29 is 9.18 Å². The summed E-state index contributed by atoms with van der Waals surface area (Å²) in [7, 11) is 0. The van der Waals surface area contributed by atoms with Crippen LogP contribution in [0.15, 0.2) is 36.4 Å². The quantitative estimate of drug-likeness (QED) is 0.753. The van der Waals surface area contributed by atoms with E-state index in [-0.39, 0.29) is 12.2 Å². The third-order valence-electron chi connectivity index (χ3n) is 3.06. The van der Waals surface area contributed by atoms with Gasteiger partial charge in [-0.3, -0.25) is 4.79 Å². The zero-order valence-electron chi connectivity index (χ0n) is 10.8. The monoisotopic (exact) mass is 276 g/mol. The van der Waals surface area contributed by atoms with Gasteiger partial charge in [-0.1, -0.05) is 29.8 Å². The first-order valence-electron chi connectivity index (χ1n) is 6.02. The molecule has 0 amide bonds. The smallest absolute Gasteiger partial charge is 0.167 e. The van der Waals surface area contributed by atoms with Crippen LogP contribution in [0.1, 0.15) is 27.0 Å². The molecule has 0 saturated heterocycles. The van der Waals surface area contributed by atoms with Crippen molar-refractivity contribution in [3.05, 3.63) is 69.5 Å². The summed E-state index contributed by atoms with van der Waals surface area (Å²) in [4.78, 5) is 12.2. The maximum absolute atomic E-state index is 13.2. The van der Waals surface area contributed by atoms with Crippen molar-refractivity contribution in [3.8, 4) is 0 Å². The second-order valence-corrected chi connectivity index (χ2v) is 5.06. The molecule has 0 bridgehead atoms. The second-order valence-electron chi connectivity index (χ2n) is 4.65. The average Bonchev–Trinajstić information content (AvgIpc) is 2.35. The van der Waals surface area contributed by atoms with Crippen molar-refractivity contribution in [1.29, 1.82) is 0 Å². The lowest BCUT2D eigenvalue weighted by Crippen LogP contribution is -2.06. The summed E-state index contributed by atoms with van der Waals surface area (Å²) in [5.41, 5.74) is 3.00. The number of Topliss-reactive ketones (excluding diaryl/α,β-unsaturated/α-hetero) is 1. The Morgan fingerprint density at radius 1 is 1.16 bits per heavy atom. The summed E-state index contributed by atoms with van der Waals surface area (Å²) in [6, 6.07) is 9.81. The molecule has 2 rings (SSSR count). The van der Waals surface area contributed by atoms with Gasteiger partial charge in [-0.05, 0) is 48.7 Å². The van der Waals surface area contributed by atoms with Crippen LogP contribution in [-0.2, 0) is 6.42 Å². The zero-order chi connectivity index (χ0) is 14.0. The highest BCUT2D eigenvalue weighted by Gasteiger charge is 2.13. The van der Waals surface area contributed by atoms with Crippen molar-refractivity contribution in [3.63, 3.8) is 0 Å². The molecule has 3 heteroatoms. The van der Waals surface area contributed by atoms with Gasteiger partial charge in [0.25, 0.3) is 0 Å². The van der Waals surface area contributed by atoms with Crippen LogP contribution in [-0.4, -0.2) is 5.78 Å². The summed E-state index contributed by atoms with van der Waals surface area (Å²) in [6.07, 6.45) is 0.184. The molecule has 0 spiro atoms. The third kappa shape index (κ3) is 3.21. The fraction of sp³-hybridized carbons (Fsp3) is 0.188. The predicted molar refractivity (Wildman–Crippen MR) is 75.4 cm³/mol. The van der Waals surface area contributed by atoms with Gasteiger partial charge in [0.1, 0.15) is 5.82 Å². The van der Waals surface area contributed by atoms with E-state index in [2.05, 4.69) is 0 Å². The number of ketones is 1.